The second-order valence-corrected chi connectivity index (χ2v) is 9.44. The molecule has 0 heterocycles. The molecule has 0 aromatic heterocycles. The maximum atomic E-state index is 11.9. The highest BCUT2D eigenvalue weighted by atomic mass is 32.2. The van der Waals surface area contributed by atoms with Crippen molar-refractivity contribution in [1.29, 1.82) is 0 Å². The number of sulfone groups is 1. The van der Waals surface area contributed by atoms with Crippen LogP contribution in [0.3, 0.4) is 0 Å². The first-order valence-corrected chi connectivity index (χ1v) is 8.78. The van der Waals surface area contributed by atoms with Crippen molar-refractivity contribution < 1.29 is 17.9 Å². The fourth-order valence-corrected chi connectivity index (χ4v) is 4.08. The number of thioether (sulfide) groups is 1. The van der Waals surface area contributed by atoms with Gasteiger partial charge in [0, 0.05) is 15.9 Å². The highest BCUT2D eigenvalue weighted by molar-refractivity contribution is 8.01. The van der Waals surface area contributed by atoms with Crippen molar-refractivity contribution in [2.24, 2.45) is 0 Å². The van der Waals surface area contributed by atoms with Gasteiger partial charge < -0.3 is 4.74 Å². The summed E-state index contributed by atoms with van der Waals surface area (Å²) in [5, 5.41) is 0. The van der Waals surface area contributed by atoms with Gasteiger partial charge in [-0.25, -0.2) is 13.2 Å². The third-order valence-electron chi connectivity index (χ3n) is 2.51. The largest absolute Gasteiger partial charge is 0.465 e. The SMILES string of the molecule is COC(=O)c1cc(S(C)(=O)=O)c(SC(C)(C)C)cc1C. The first kappa shape index (κ1) is 17.0. The van der Waals surface area contributed by atoms with Gasteiger partial charge in [0.2, 0.25) is 0 Å². The lowest BCUT2D eigenvalue weighted by molar-refractivity contribution is 0.0599. The molecule has 0 bridgehead atoms. The van der Waals surface area contributed by atoms with Crippen LogP contribution in [0.2, 0.25) is 0 Å². The molecule has 0 aliphatic carbocycles. The quantitative estimate of drug-likeness (QED) is 0.633. The Balaban J connectivity index is 3.54. The zero-order chi connectivity index (χ0) is 15.7. The molecule has 20 heavy (non-hydrogen) atoms. The van der Waals surface area contributed by atoms with E-state index < -0.39 is 15.8 Å². The van der Waals surface area contributed by atoms with E-state index in [0.717, 1.165) is 6.26 Å². The first-order chi connectivity index (χ1) is 8.95. The minimum Gasteiger partial charge on any atom is -0.465 e. The molecule has 0 aliphatic heterocycles. The zero-order valence-electron chi connectivity index (χ0n) is 12.6. The monoisotopic (exact) mass is 316 g/mol. The van der Waals surface area contributed by atoms with Crippen molar-refractivity contribution in [3.63, 3.8) is 0 Å². The topological polar surface area (TPSA) is 60.4 Å². The van der Waals surface area contributed by atoms with E-state index in [-0.39, 0.29) is 15.2 Å². The molecule has 1 aromatic rings. The number of carbonyl (C=O) groups excluding carboxylic acids is 1. The molecule has 0 fully saturated rings. The Morgan fingerprint density at radius 2 is 1.80 bits per heavy atom. The van der Waals surface area contributed by atoms with Gasteiger partial charge in [0.25, 0.3) is 0 Å². The van der Waals surface area contributed by atoms with Gasteiger partial charge in [-0.3, -0.25) is 0 Å². The summed E-state index contributed by atoms with van der Waals surface area (Å²) in [4.78, 5) is 12.5. The van der Waals surface area contributed by atoms with E-state index in [1.165, 1.54) is 24.9 Å². The molecule has 112 valence electrons. The van der Waals surface area contributed by atoms with E-state index in [1.54, 1.807) is 13.0 Å². The van der Waals surface area contributed by atoms with Crippen molar-refractivity contribution in [3.8, 4) is 0 Å². The van der Waals surface area contributed by atoms with E-state index >= 15 is 0 Å². The van der Waals surface area contributed by atoms with Crippen LogP contribution in [-0.4, -0.2) is 32.5 Å². The van der Waals surface area contributed by atoms with Gasteiger partial charge in [-0.15, -0.1) is 11.8 Å². The minimum atomic E-state index is -3.42. The van der Waals surface area contributed by atoms with E-state index in [0.29, 0.717) is 10.5 Å². The molecule has 1 rings (SSSR count). The maximum absolute atomic E-state index is 11.9. The smallest absolute Gasteiger partial charge is 0.338 e. The van der Waals surface area contributed by atoms with Crippen molar-refractivity contribution in [3.05, 3.63) is 23.3 Å². The van der Waals surface area contributed by atoms with Crippen molar-refractivity contribution in [2.45, 2.75) is 42.2 Å². The molecule has 0 spiro atoms. The molecule has 0 unspecified atom stereocenters. The molecular formula is C14H20O4S2. The summed E-state index contributed by atoms with van der Waals surface area (Å²) in [6.07, 6.45) is 1.14. The van der Waals surface area contributed by atoms with E-state index in [9.17, 15) is 13.2 Å². The van der Waals surface area contributed by atoms with Crippen molar-refractivity contribution in [1.82, 2.24) is 0 Å². The summed E-state index contributed by atoms with van der Waals surface area (Å²) < 4.78 is 28.5. The number of esters is 1. The van der Waals surface area contributed by atoms with Crippen LogP contribution < -0.4 is 0 Å². The van der Waals surface area contributed by atoms with Crippen LogP contribution in [0.5, 0.6) is 0 Å². The molecule has 1 aromatic carbocycles. The van der Waals surface area contributed by atoms with Gasteiger partial charge in [0.1, 0.15) is 0 Å². The summed E-state index contributed by atoms with van der Waals surface area (Å²) in [5.74, 6) is -0.528. The minimum absolute atomic E-state index is 0.126. The Labute approximate surface area is 124 Å². The van der Waals surface area contributed by atoms with E-state index in [1.807, 2.05) is 20.8 Å². The Bertz CT molecular complexity index is 625. The molecule has 0 aliphatic rings. The summed E-state index contributed by atoms with van der Waals surface area (Å²) in [6.45, 7) is 7.79. The Kier molecular flexibility index (Phi) is 4.92. The molecule has 0 atom stereocenters. The summed E-state index contributed by atoms with van der Waals surface area (Å²) in [5.41, 5.74) is 0.988. The number of hydrogen-bond acceptors (Lipinski definition) is 5. The second-order valence-electron chi connectivity index (χ2n) is 5.59. The Morgan fingerprint density at radius 3 is 2.20 bits per heavy atom. The highest BCUT2D eigenvalue weighted by Crippen LogP contribution is 2.37. The predicted molar refractivity (Wildman–Crippen MR) is 81.2 cm³/mol. The lowest BCUT2D eigenvalue weighted by atomic mass is 10.1. The predicted octanol–water partition coefficient (Wildman–Crippen LogP) is 3.08. The molecule has 6 heteroatoms. The van der Waals surface area contributed by atoms with E-state index in [2.05, 4.69) is 4.74 Å². The van der Waals surface area contributed by atoms with E-state index in [4.69, 9.17) is 0 Å². The summed E-state index contributed by atoms with van der Waals surface area (Å²) >= 11 is 1.47. The number of rotatable bonds is 3. The third kappa shape index (κ3) is 4.24. The summed E-state index contributed by atoms with van der Waals surface area (Å²) in [6, 6.07) is 3.14. The lowest BCUT2D eigenvalue weighted by Crippen LogP contribution is -2.12. The molecular weight excluding hydrogens is 296 g/mol. The van der Waals surface area contributed by atoms with Crippen molar-refractivity contribution in [2.75, 3.05) is 13.4 Å². The second kappa shape index (κ2) is 5.77. The van der Waals surface area contributed by atoms with Gasteiger partial charge in [-0.2, -0.15) is 0 Å². The molecule has 0 amide bonds. The van der Waals surface area contributed by atoms with Gasteiger partial charge in [0.15, 0.2) is 9.84 Å². The lowest BCUT2D eigenvalue weighted by Gasteiger charge is -2.20. The zero-order valence-corrected chi connectivity index (χ0v) is 14.2. The Hall–Kier alpha value is -1.01. The van der Waals surface area contributed by atoms with Crippen LogP contribution in [0, 0.1) is 6.92 Å². The summed E-state index contributed by atoms with van der Waals surface area (Å²) in [7, 11) is -2.14. The van der Waals surface area contributed by atoms with Crippen LogP contribution in [0.4, 0.5) is 0 Å². The number of ether oxygens (including phenoxy) is 1. The first-order valence-electron chi connectivity index (χ1n) is 6.08. The van der Waals surface area contributed by atoms with Gasteiger partial charge in [0.05, 0.1) is 17.6 Å². The normalized spacial score (nSPS) is 12.3. The van der Waals surface area contributed by atoms with Crippen LogP contribution in [0.25, 0.3) is 0 Å². The maximum Gasteiger partial charge on any atom is 0.338 e. The average Bonchev–Trinajstić information content (AvgIpc) is 2.24. The number of carbonyl (C=O) groups is 1. The number of benzene rings is 1. The number of hydrogen-bond donors (Lipinski definition) is 0. The fraction of sp³-hybridized carbons (Fsp3) is 0.500. The van der Waals surface area contributed by atoms with Crippen LogP contribution in [-0.2, 0) is 14.6 Å². The molecule has 0 saturated heterocycles. The third-order valence-corrected chi connectivity index (χ3v) is 4.95. The molecule has 0 saturated carbocycles. The van der Waals surface area contributed by atoms with Crippen LogP contribution in [0.1, 0.15) is 36.7 Å². The van der Waals surface area contributed by atoms with Crippen LogP contribution in [0.15, 0.2) is 21.9 Å². The highest BCUT2D eigenvalue weighted by Gasteiger charge is 2.23. The van der Waals surface area contributed by atoms with Gasteiger partial charge >= 0.3 is 5.97 Å². The Morgan fingerprint density at radius 1 is 1.25 bits per heavy atom. The standard InChI is InChI=1S/C14H20O4S2/c1-9-7-11(19-14(2,3)4)12(20(6,16)17)8-10(9)13(15)18-5/h7-8H,1-6H3. The van der Waals surface area contributed by atoms with Gasteiger partial charge in [-0.05, 0) is 24.6 Å². The molecule has 0 radical (unpaired) electrons. The van der Waals surface area contributed by atoms with Gasteiger partial charge in [-0.1, -0.05) is 20.8 Å². The molecule has 0 N–H and O–H groups in total. The molecule has 4 nitrogen and oxygen atoms in total. The average molecular weight is 316 g/mol. The van der Waals surface area contributed by atoms with Crippen LogP contribution >= 0.6 is 11.8 Å². The fourth-order valence-electron chi connectivity index (χ4n) is 1.69. The van der Waals surface area contributed by atoms with Crippen molar-refractivity contribution >= 4 is 27.6 Å². The number of aryl methyl sites for hydroxylation is 1. The number of methoxy groups -OCH3 is 1.